The highest BCUT2D eigenvalue weighted by molar-refractivity contribution is 5.67. The lowest BCUT2D eigenvalue weighted by molar-refractivity contribution is 0.609. The average Bonchev–Trinajstić information content (AvgIpc) is 2.45. The Bertz CT molecular complexity index is 564. The molecule has 20 heavy (non-hydrogen) atoms. The second kappa shape index (κ2) is 6.53. The van der Waals surface area contributed by atoms with Gasteiger partial charge < -0.3 is 10.6 Å². The van der Waals surface area contributed by atoms with Crippen LogP contribution in [0.5, 0.6) is 0 Å². The summed E-state index contributed by atoms with van der Waals surface area (Å²) in [7, 11) is 0. The van der Waals surface area contributed by atoms with Gasteiger partial charge >= 0.3 is 0 Å². The molecule has 0 atom stereocenters. The summed E-state index contributed by atoms with van der Waals surface area (Å²) in [5.41, 5.74) is 9.50. The first-order valence-corrected chi connectivity index (χ1v) is 6.99. The molecule has 0 heterocycles. The van der Waals surface area contributed by atoms with Crippen molar-refractivity contribution in [1.29, 1.82) is 0 Å². The fourth-order valence-corrected chi connectivity index (χ4v) is 2.41. The van der Waals surface area contributed by atoms with Crippen LogP contribution in [0.15, 0.2) is 42.5 Å². The van der Waals surface area contributed by atoms with Crippen LogP contribution in [-0.4, -0.2) is 13.1 Å². The van der Waals surface area contributed by atoms with Crippen LogP contribution >= 0.6 is 0 Å². The first-order chi connectivity index (χ1) is 9.67. The topological polar surface area (TPSA) is 29.3 Å². The molecule has 2 aromatic carbocycles. The molecule has 106 valence electrons. The Labute approximate surface area is 120 Å². The van der Waals surface area contributed by atoms with Crippen LogP contribution in [0.4, 0.5) is 15.8 Å². The van der Waals surface area contributed by atoms with E-state index in [1.54, 1.807) is 6.07 Å². The summed E-state index contributed by atoms with van der Waals surface area (Å²) >= 11 is 0. The lowest BCUT2D eigenvalue weighted by Crippen LogP contribution is -2.19. The summed E-state index contributed by atoms with van der Waals surface area (Å²) < 4.78 is 14.0. The Balaban J connectivity index is 2.46. The third kappa shape index (κ3) is 2.99. The normalized spacial score (nSPS) is 10.6. The molecule has 0 aromatic heterocycles. The van der Waals surface area contributed by atoms with E-state index < -0.39 is 0 Å². The van der Waals surface area contributed by atoms with E-state index in [1.807, 2.05) is 6.07 Å². The highest BCUT2D eigenvalue weighted by atomic mass is 19.1. The molecular formula is C17H21FN2. The first kappa shape index (κ1) is 14.5. The van der Waals surface area contributed by atoms with Gasteiger partial charge in [-0.15, -0.1) is 0 Å². The third-order valence-electron chi connectivity index (χ3n) is 3.44. The maximum Gasteiger partial charge on any atom is 0.128 e. The zero-order chi connectivity index (χ0) is 14.5. The van der Waals surface area contributed by atoms with Gasteiger partial charge in [-0.25, -0.2) is 4.39 Å². The van der Waals surface area contributed by atoms with E-state index in [4.69, 9.17) is 5.73 Å². The fraction of sp³-hybridized carbons (Fsp3) is 0.294. The van der Waals surface area contributed by atoms with Crippen molar-refractivity contribution in [1.82, 2.24) is 0 Å². The smallest absolute Gasteiger partial charge is 0.128 e. The lowest BCUT2D eigenvalue weighted by Gasteiger charge is -2.26. The van der Waals surface area contributed by atoms with E-state index >= 15 is 0 Å². The molecule has 0 unspecified atom stereocenters. The van der Waals surface area contributed by atoms with E-state index in [1.165, 1.54) is 11.6 Å². The molecule has 0 saturated carbocycles. The average molecular weight is 272 g/mol. The number of nitrogens with zero attached hydrogens (tertiary/aromatic N) is 1. The molecule has 0 aliphatic rings. The van der Waals surface area contributed by atoms with Crippen LogP contribution in [0.1, 0.15) is 18.1 Å². The predicted octanol–water partition coefficient (Wildman–Crippen LogP) is 3.79. The Morgan fingerprint density at radius 2 is 1.80 bits per heavy atom. The first-order valence-electron chi connectivity index (χ1n) is 6.99. The predicted molar refractivity (Wildman–Crippen MR) is 83.0 cm³/mol. The van der Waals surface area contributed by atoms with Crippen LogP contribution < -0.4 is 10.6 Å². The number of anilines is 2. The molecule has 2 aromatic rings. The largest absolute Gasteiger partial charge is 0.341 e. The van der Waals surface area contributed by atoms with Crippen LogP contribution in [-0.2, 0) is 6.42 Å². The van der Waals surface area contributed by atoms with Crippen molar-refractivity contribution in [2.75, 3.05) is 18.0 Å². The van der Waals surface area contributed by atoms with E-state index in [-0.39, 0.29) is 5.82 Å². The van der Waals surface area contributed by atoms with Crippen LogP contribution in [0, 0.1) is 12.7 Å². The highest BCUT2D eigenvalue weighted by Gasteiger charge is 2.14. The van der Waals surface area contributed by atoms with Crippen molar-refractivity contribution >= 4 is 11.4 Å². The van der Waals surface area contributed by atoms with Gasteiger partial charge in [-0.2, -0.15) is 0 Å². The number of rotatable bonds is 5. The molecule has 2 rings (SSSR count). The van der Waals surface area contributed by atoms with E-state index in [2.05, 4.69) is 43.0 Å². The Kier molecular flexibility index (Phi) is 4.74. The van der Waals surface area contributed by atoms with Crippen LogP contribution in [0.25, 0.3) is 0 Å². The lowest BCUT2D eigenvalue weighted by atomic mass is 10.1. The molecule has 0 bridgehead atoms. The second-order valence-electron chi connectivity index (χ2n) is 4.86. The molecule has 3 heteroatoms. The molecular weight excluding hydrogens is 251 g/mol. The zero-order valence-electron chi connectivity index (χ0n) is 12.1. The number of aryl methyl sites for hydroxylation is 1. The SMILES string of the molecule is CCN(c1ccc(C)cc1)c1cccc(F)c1CCN. The van der Waals surface area contributed by atoms with Gasteiger partial charge in [0.1, 0.15) is 5.82 Å². The van der Waals surface area contributed by atoms with Crippen molar-refractivity contribution in [3.8, 4) is 0 Å². The van der Waals surface area contributed by atoms with Crippen molar-refractivity contribution in [3.63, 3.8) is 0 Å². The standard InChI is InChI=1S/C17H21FN2/c1-3-20(14-9-7-13(2)8-10-14)17-6-4-5-16(18)15(17)11-12-19/h4-10H,3,11-12,19H2,1-2H3. The minimum absolute atomic E-state index is 0.182. The monoisotopic (exact) mass is 272 g/mol. The number of nitrogens with two attached hydrogens (primary N) is 1. The number of hydrogen-bond acceptors (Lipinski definition) is 2. The second-order valence-corrected chi connectivity index (χ2v) is 4.86. The van der Waals surface area contributed by atoms with Gasteiger partial charge in [0.2, 0.25) is 0 Å². The van der Waals surface area contributed by atoms with Gasteiger partial charge in [0.15, 0.2) is 0 Å². The summed E-state index contributed by atoms with van der Waals surface area (Å²) in [5.74, 6) is -0.182. The summed E-state index contributed by atoms with van der Waals surface area (Å²) in [6, 6.07) is 13.5. The molecule has 0 radical (unpaired) electrons. The molecule has 2 N–H and O–H groups in total. The van der Waals surface area contributed by atoms with Gasteiger partial charge in [-0.1, -0.05) is 23.8 Å². The molecule has 2 nitrogen and oxygen atoms in total. The summed E-state index contributed by atoms with van der Waals surface area (Å²) in [6.45, 7) is 5.35. The van der Waals surface area contributed by atoms with E-state index in [0.717, 1.165) is 17.9 Å². The molecule has 0 aliphatic carbocycles. The van der Waals surface area contributed by atoms with Gasteiger partial charge in [0.25, 0.3) is 0 Å². The minimum Gasteiger partial charge on any atom is -0.341 e. The fourth-order valence-electron chi connectivity index (χ4n) is 2.41. The third-order valence-corrected chi connectivity index (χ3v) is 3.44. The summed E-state index contributed by atoms with van der Waals surface area (Å²) in [5, 5.41) is 0. The number of hydrogen-bond donors (Lipinski definition) is 1. The quantitative estimate of drug-likeness (QED) is 0.897. The number of halogens is 1. The van der Waals surface area contributed by atoms with Crippen LogP contribution in [0.2, 0.25) is 0 Å². The van der Waals surface area contributed by atoms with Gasteiger partial charge in [-0.05, 0) is 51.1 Å². The molecule has 0 amide bonds. The molecule has 0 aliphatic heterocycles. The Morgan fingerprint density at radius 3 is 2.40 bits per heavy atom. The Hall–Kier alpha value is -1.87. The van der Waals surface area contributed by atoms with E-state index in [9.17, 15) is 4.39 Å². The molecule has 0 spiro atoms. The Morgan fingerprint density at radius 1 is 1.10 bits per heavy atom. The van der Waals surface area contributed by atoms with Crippen LogP contribution in [0.3, 0.4) is 0 Å². The molecule has 0 saturated heterocycles. The van der Waals surface area contributed by atoms with Crippen molar-refractivity contribution in [2.45, 2.75) is 20.3 Å². The van der Waals surface area contributed by atoms with Gasteiger partial charge in [0.05, 0.1) is 0 Å². The summed E-state index contributed by atoms with van der Waals surface area (Å²) in [6.07, 6.45) is 0.546. The van der Waals surface area contributed by atoms with Crippen molar-refractivity contribution < 1.29 is 4.39 Å². The maximum atomic E-state index is 14.0. The number of benzene rings is 2. The summed E-state index contributed by atoms with van der Waals surface area (Å²) in [4.78, 5) is 2.12. The minimum atomic E-state index is -0.182. The van der Waals surface area contributed by atoms with Gasteiger partial charge in [-0.3, -0.25) is 0 Å². The highest BCUT2D eigenvalue weighted by Crippen LogP contribution is 2.30. The van der Waals surface area contributed by atoms with Gasteiger partial charge in [0, 0.05) is 23.5 Å². The van der Waals surface area contributed by atoms with Crippen molar-refractivity contribution in [2.24, 2.45) is 5.73 Å². The van der Waals surface area contributed by atoms with Crippen molar-refractivity contribution in [3.05, 3.63) is 59.4 Å². The zero-order valence-corrected chi connectivity index (χ0v) is 12.1. The van der Waals surface area contributed by atoms with E-state index in [0.29, 0.717) is 18.5 Å². The maximum absolute atomic E-state index is 14.0. The molecule has 0 fully saturated rings.